The Labute approximate surface area is 204 Å². The van der Waals surface area contributed by atoms with E-state index < -0.39 is 6.04 Å². The van der Waals surface area contributed by atoms with Gasteiger partial charge in [-0.1, -0.05) is 48.3 Å². The van der Waals surface area contributed by atoms with Gasteiger partial charge in [0, 0.05) is 18.3 Å². The fourth-order valence-electron chi connectivity index (χ4n) is 2.94. The lowest BCUT2D eigenvalue weighted by Gasteiger charge is -2.29. The van der Waals surface area contributed by atoms with Gasteiger partial charge in [0.1, 0.15) is 11.8 Å². The number of carbonyl (C=O) groups is 2. The molecule has 1 N–H and O–H groups in total. The number of benzene rings is 2. The summed E-state index contributed by atoms with van der Waals surface area (Å²) in [5.74, 6) is 1.45. The monoisotopic (exact) mass is 496 g/mol. The molecule has 0 fully saturated rings. The number of hydrogen-bond donors (Lipinski definition) is 1. The highest BCUT2D eigenvalue weighted by Crippen LogP contribution is 2.24. The average Bonchev–Trinajstić information content (AvgIpc) is 2.79. The molecule has 2 aromatic carbocycles. The van der Waals surface area contributed by atoms with Crippen LogP contribution < -0.4 is 10.1 Å². The van der Waals surface area contributed by atoms with Crippen LogP contribution >= 0.6 is 35.0 Å². The number of methoxy groups -OCH3 is 1. The predicted molar refractivity (Wildman–Crippen MR) is 134 cm³/mol. The first-order chi connectivity index (χ1) is 15.2. The summed E-state index contributed by atoms with van der Waals surface area (Å²) < 4.78 is 5.18. The fraction of sp³-hybridized carbons (Fsp3) is 0.417. The first-order valence-corrected chi connectivity index (χ1v) is 12.4. The maximum absolute atomic E-state index is 13.1. The minimum Gasteiger partial charge on any atom is -0.497 e. The van der Waals surface area contributed by atoms with E-state index >= 15 is 0 Å². The summed E-state index contributed by atoms with van der Waals surface area (Å²) in [4.78, 5) is 27.5. The van der Waals surface area contributed by atoms with Crippen LogP contribution in [0.5, 0.6) is 5.75 Å². The average molecular weight is 497 g/mol. The van der Waals surface area contributed by atoms with Gasteiger partial charge >= 0.3 is 0 Å². The van der Waals surface area contributed by atoms with E-state index in [9.17, 15) is 9.59 Å². The molecule has 0 radical (unpaired) electrons. The number of amides is 2. The fourth-order valence-corrected chi connectivity index (χ4v) is 4.14. The molecule has 0 aliphatic rings. The van der Waals surface area contributed by atoms with Crippen molar-refractivity contribution in [3.8, 4) is 5.75 Å². The number of ether oxygens (including phenoxy) is 1. The Morgan fingerprint density at radius 2 is 1.72 bits per heavy atom. The molecular weight excluding hydrogens is 467 g/mol. The molecule has 2 amide bonds. The van der Waals surface area contributed by atoms with Crippen LogP contribution in [0, 0.1) is 0 Å². The Kier molecular flexibility index (Phi) is 10.7. The quantitative estimate of drug-likeness (QED) is 0.441. The molecule has 0 heterocycles. The lowest BCUT2D eigenvalue weighted by atomic mass is 10.1. The van der Waals surface area contributed by atoms with Crippen molar-refractivity contribution in [1.29, 1.82) is 0 Å². The number of nitrogens with one attached hydrogen (secondary N) is 1. The van der Waals surface area contributed by atoms with Crippen LogP contribution in [0.15, 0.2) is 42.5 Å². The van der Waals surface area contributed by atoms with E-state index in [2.05, 4.69) is 5.32 Å². The Hall–Kier alpha value is -1.89. The molecule has 8 heteroatoms. The van der Waals surface area contributed by atoms with Crippen LogP contribution in [0.2, 0.25) is 10.0 Å². The van der Waals surface area contributed by atoms with Gasteiger partial charge < -0.3 is 15.0 Å². The Bertz CT molecular complexity index is 909. The number of rotatable bonds is 11. The summed E-state index contributed by atoms with van der Waals surface area (Å²) in [7, 11) is 1.63. The van der Waals surface area contributed by atoms with Crippen molar-refractivity contribution in [2.75, 3.05) is 12.9 Å². The highest BCUT2D eigenvalue weighted by atomic mass is 35.5. The number of hydrogen-bond acceptors (Lipinski definition) is 4. The predicted octanol–water partition coefficient (Wildman–Crippen LogP) is 5.57. The molecule has 0 unspecified atom stereocenters. The molecule has 0 aliphatic heterocycles. The molecule has 0 aromatic heterocycles. The zero-order chi connectivity index (χ0) is 23.7. The molecule has 0 aliphatic carbocycles. The minimum atomic E-state index is -0.618. The number of carbonyl (C=O) groups excluding carboxylic acids is 2. The van der Waals surface area contributed by atoms with Crippen molar-refractivity contribution in [2.24, 2.45) is 0 Å². The van der Waals surface area contributed by atoms with Crippen molar-refractivity contribution >= 4 is 46.8 Å². The lowest BCUT2D eigenvalue weighted by Crippen LogP contribution is -2.50. The van der Waals surface area contributed by atoms with Gasteiger partial charge in [-0.05, 0) is 55.7 Å². The second-order valence-electron chi connectivity index (χ2n) is 7.60. The van der Waals surface area contributed by atoms with Crippen molar-refractivity contribution in [3.05, 3.63) is 63.6 Å². The van der Waals surface area contributed by atoms with Crippen LogP contribution in [-0.4, -0.2) is 41.7 Å². The highest BCUT2D eigenvalue weighted by molar-refractivity contribution is 7.99. The van der Waals surface area contributed by atoms with Crippen LogP contribution in [0.1, 0.15) is 38.3 Å². The van der Waals surface area contributed by atoms with Crippen LogP contribution in [0.3, 0.4) is 0 Å². The Morgan fingerprint density at radius 1 is 1.06 bits per heavy atom. The summed E-state index contributed by atoms with van der Waals surface area (Å²) in [6, 6.07) is 12.4. The van der Waals surface area contributed by atoms with Gasteiger partial charge in [-0.15, -0.1) is 11.8 Å². The summed E-state index contributed by atoms with van der Waals surface area (Å²) in [5, 5.41) is 3.83. The third-order valence-electron chi connectivity index (χ3n) is 5.16. The van der Waals surface area contributed by atoms with Gasteiger partial charge in [0.15, 0.2) is 0 Å². The first kappa shape index (κ1) is 26.4. The van der Waals surface area contributed by atoms with Crippen LogP contribution in [0.25, 0.3) is 0 Å². The van der Waals surface area contributed by atoms with E-state index in [1.54, 1.807) is 31.1 Å². The van der Waals surface area contributed by atoms with E-state index in [1.807, 2.05) is 44.2 Å². The topological polar surface area (TPSA) is 58.6 Å². The normalized spacial score (nSPS) is 12.7. The maximum atomic E-state index is 13.1. The zero-order valence-corrected chi connectivity index (χ0v) is 21.2. The largest absolute Gasteiger partial charge is 0.497 e. The second kappa shape index (κ2) is 13.0. The summed E-state index contributed by atoms with van der Waals surface area (Å²) in [5.41, 5.74) is 1.92. The molecule has 5 nitrogen and oxygen atoms in total. The molecule has 0 saturated heterocycles. The second-order valence-corrected chi connectivity index (χ2v) is 9.40. The van der Waals surface area contributed by atoms with Gasteiger partial charge in [0.05, 0.1) is 22.9 Å². The summed E-state index contributed by atoms with van der Waals surface area (Å²) in [6.07, 6.45) is 0.816. The molecule has 2 atom stereocenters. The van der Waals surface area contributed by atoms with Gasteiger partial charge in [-0.25, -0.2) is 0 Å². The number of halogens is 2. The highest BCUT2D eigenvalue weighted by Gasteiger charge is 2.26. The molecular formula is C24H30Cl2N2O3S. The molecule has 32 heavy (non-hydrogen) atoms. The third-order valence-corrected chi connectivity index (χ3v) is 6.89. The van der Waals surface area contributed by atoms with E-state index in [4.69, 9.17) is 27.9 Å². The maximum Gasteiger partial charge on any atom is 0.242 e. The number of nitrogens with zero attached hydrogens (tertiary/aromatic N) is 1. The van der Waals surface area contributed by atoms with Crippen molar-refractivity contribution in [2.45, 2.75) is 51.6 Å². The summed E-state index contributed by atoms with van der Waals surface area (Å²) >= 11 is 13.7. The van der Waals surface area contributed by atoms with Crippen molar-refractivity contribution in [1.82, 2.24) is 10.2 Å². The molecule has 174 valence electrons. The molecule has 2 rings (SSSR count). The first-order valence-electron chi connectivity index (χ1n) is 10.5. The van der Waals surface area contributed by atoms with Crippen LogP contribution in [0.4, 0.5) is 0 Å². The number of thioether (sulfide) groups is 1. The van der Waals surface area contributed by atoms with Crippen LogP contribution in [-0.2, 0) is 21.9 Å². The van der Waals surface area contributed by atoms with Gasteiger partial charge in [0.25, 0.3) is 0 Å². The Morgan fingerprint density at radius 3 is 2.31 bits per heavy atom. The van der Waals surface area contributed by atoms with Crippen molar-refractivity contribution in [3.63, 3.8) is 0 Å². The van der Waals surface area contributed by atoms with E-state index in [1.165, 1.54) is 11.8 Å². The van der Waals surface area contributed by atoms with E-state index in [0.717, 1.165) is 23.3 Å². The Balaban J connectivity index is 2.09. The van der Waals surface area contributed by atoms with Gasteiger partial charge in [-0.3, -0.25) is 9.59 Å². The zero-order valence-electron chi connectivity index (χ0n) is 18.9. The van der Waals surface area contributed by atoms with Gasteiger partial charge in [-0.2, -0.15) is 0 Å². The minimum absolute atomic E-state index is 0.0383. The summed E-state index contributed by atoms with van der Waals surface area (Å²) in [6.45, 7) is 5.97. The molecule has 0 bridgehead atoms. The SMILES string of the molecule is CC[C@H](C)NC(=O)[C@@H](C)N(Cc1ccc(Cl)c(Cl)c1)C(=O)CSCc1ccc(OC)cc1. The lowest BCUT2D eigenvalue weighted by molar-refractivity contribution is -0.138. The van der Waals surface area contributed by atoms with Crippen molar-refractivity contribution < 1.29 is 14.3 Å². The van der Waals surface area contributed by atoms with Gasteiger partial charge in [0.2, 0.25) is 11.8 Å². The van der Waals surface area contributed by atoms with E-state index in [-0.39, 0.29) is 30.2 Å². The smallest absolute Gasteiger partial charge is 0.242 e. The molecule has 0 saturated carbocycles. The van der Waals surface area contributed by atoms with E-state index in [0.29, 0.717) is 15.8 Å². The third kappa shape index (κ3) is 7.91. The molecule has 0 spiro atoms. The molecule has 2 aromatic rings. The standard InChI is InChI=1S/C24H30Cl2N2O3S/c1-5-16(2)27-24(30)17(3)28(13-19-8-11-21(25)22(26)12-19)23(29)15-32-14-18-6-9-20(31-4)10-7-18/h6-12,16-17H,5,13-15H2,1-4H3,(H,27,30)/t16-,17+/m0/s1.